The Kier molecular flexibility index (Phi) is 6.56. The first-order valence-corrected chi connectivity index (χ1v) is 11.9. The van der Waals surface area contributed by atoms with Crippen LogP contribution < -0.4 is 21.1 Å². The van der Waals surface area contributed by atoms with Crippen LogP contribution in [-0.2, 0) is 24.3 Å². The number of primary amides is 1. The maximum absolute atomic E-state index is 13.1. The molecule has 0 atom stereocenters. The van der Waals surface area contributed by atoms with Gasteiger partial charge in [0.15, 0.2) is 11.4 Å². The van der Waals surface area contributed by atoms with Crippen molar-refractivity contribution in [2.24, 2.45) is 5.73 Å². The average Bonchev–Trinajstić information content (AvgIpc) is 3.38. The molecule has 0 aliphatic carbocycles. The summed E-state index contributed by atoms with van der Waals surface area (Å²) >= 11 is 0. The van der Waals surface area contributed by atoms with E-state index in [0.29, 0.717) is 28.9 Å². The van der Waals surface area contributed by atoms with E-state index >= 15 is 0 Å². The number of nitrogens with zero attached hydrogens (tertiary/aromatic N) is 3. The molecule has 0 saturated heterocycles. The van der Waals surface area contributed by atoms with E-state index in [2.05, 4.69) is 20.7 Å². The summed E-state index contributed by atoms with van der Waals surface area (Å²) in [5, 5.41) is 9.70. The van der Waals surface area contributed by atoms with Gasteiger partial charge in [-0.3, -0.25) is 19.2 Å². The van der Waals surface area contributed by atoms with Crippen LogP contribution in [0.25, 0.3) is 5.65 Å². The Morgan fingerprint density at radius 3 is 2.66 bits per heavy atom. The van der Waals surface area contributed by atoms with Gasteiger partial charge >= 0.3 is 0 Å². The van der Waals surface area contributed by atoms with Crippen LogP contribution in [0.15, 0.2) is 54.7 Å². The standard InChI is InChI=1S/C27H24N6O5/c1-15-2-4-17(20(8-15)25(28)35)13-30-27(37)22-11-21(32-24-6-7-31-33(22)24)26(36)29-12-16-3-5-23-18(9-16)10-19(34)14-38-23/h2-9,11H,10,12-14H2,1H3,(H2,28,35)(H,29,36)(H,30,37). The van der Waals surface area contributed by atoms with Gasteiger partial charge in [0.2, 0.25) is 5.91 Å². The second-order valence-corrected chi connectivity index (χ2v) is 8.96. The van der Waals surface area contributed by atoms with Crippen LogP contribution in [-0.4, -0.2) is 44.7 Å². The van der Waals surface area contributed by atoms with Gasteiger partial charge in [0.1, 0.15) is 23.7 Å². The predicted octanol–water partition coefficient (Wildman–Crippen LogP) is 1.50. The fourth-order valence-corrected chi connectivity index (χ4v) is 4.25. The maximum Gasteiger partial charge on any atom is 0.270 e. The number of ether oxygens (including phenoxy) is 1. The molecule has 2 aromatic heterocycles. The van der Waals surface area contributed by atoms with Crippen LogP contribution in [0.3, 0.4) is 0 Å². The lowest BCUT2D eigenvalue weighted by Gasteiger charge is -2.17. The zero-order valence-corrected chi connectivity index (χ0v) is 20.5. The van der Waals surface area contributed by atoms with Crippen molar-refractivity contribution in [3.05, 3.63) is 93.9 Å². The van der Waals surface area contributed by atoms with Gasteiger partial charge in [-0.2, -0.15) is 5.10 Å². The van der Waals surface area contributed by atoms with Crippen LogP contribution in [0.2, 0.25) is 0 Å². The highest BCUT2D eigenvalue weighted by molar-refractivity contribution is 5.98. The van der Waals surface area contributed by atoms with Gasteiger partial charge in [0, 0.05) is 42.8 Å². The third kappa shape index (κ3) is 5.07. The van der Waals surface area contributed by atoms with E-state index in [1.807, 2.05) is 25.1 Å². The summed E-state index contributed by atoms with van der Waals surface area (Å²) in [6.45, 7) is 2.15. The molecule has 0 radical (unpaired) electrons. The molecule has 0 bridgehead atoms. The highest BCUT2D eigenvalue weighted by Crippen LogP contribution is 2.24. The Morgan fingerprint density at radius 2 is 1.84 bits per heavy atom. The van der Waals surface area contributed by atoms with Crippen molar-refractivity contribution in [1.82, 2.24) is 25.2 Å². The first-order valence-electron chi connectivity index (χ1n) is 11.9. The van der Waals surface area contributed by atoms with E-state index in [1.54, 1.807) is 24.3 Å². The second-order valence-electron chi connectivity index (χ2n) is 8.96. The van der Waals surface area contributed by atoms with Gasteiger partial charge in [-0.15, -0.1) is 0 Å². The molecule has 5 rings (SSSR count). The van der Waals surface area contributed by atoms with Crippen LogP contribution in [0.1, 0.15) is 53.6 Å². The quantitative estimate of drug-likeness (QED) is 0.339. The topological polar surface area (TPSA) is 158 Å². The summed E-state index contributed by atoms with van der Waals surface area (Å²) in [6.07, 6.45) is 1.76. The Bertz CT molecular complexity index is 1610. The number of Topliss-reactive ketones (excluding diaryl/α,β-unsaturated/α-hetero) is 1. The van der Waals surface area contributed by atoms with E-state index in [-0.39, 0.29) is 36.9 Å². The third-order valence-electron chi connectivity index (χ3n) is 6.15. The van der Waals surface area contributed by atoms with E-state index < -0.39 is 17.7 Å². The number of rotatable bonds is 7. The number of aryl methyl sites for hydroxylation is 1. The molecule has 3 amide bonds. The summed E-state index contributed by atoms with van der Waals surface area (Å²) in [6, 6.07) is 13.6. The normalized spacial score (nSPS) is 12.5. The molecule has 192 valence electrons. The van der Waals surface area contributed by atoms with Crippen molar-refractivity contribution in [2.45, 2.75) is 26.4 Å². The fraction of sp³-hybridized carbons (Fsp3) is 0.185. The number of hydrogen-bond acceptors (Lipinski definition) is 7. The number of nitrogens with two attached hydrogens (primary N) is 1. The van der Waals surface area contributed by atoms with Crippen molar-refractivity contribution in [2.75, 3.05) is 6.61 Å². The van der Waals surface area contributed by atoms with Gasteiger partial charge in [0.25, 0.3) is 11.8 Å². The fourth-order valence-electron chi connectivity index (χ4n) is 4.25. The molecule has 2 aromatic carbocycles. The van der Waals surface area contributed by atoms with Gasteiger partial charge in [-0.05, 0) is 36.2 Å². The van der Waals surface area contributed by atoms with Gasteiger partial charge < -0.3 is 21.1 Å². The molecule has 0 spiro atoms. The van der Waals surface area contributed by atoms with Crippen molar-refractivity contribution in [3.63, 3.8) is 0 Å². The molecule has 11 heteroatoms. The summed E-state index contributed by atoms with van der Waals surface area (Å²) < 4.78 is 6.74. The molecule has 0 saturated carbocycles. The molecule has 0 unspecified atom stereocenters. The smallest absolute Gasteiger partial charge is 0.270 e. The van der Waals surface area contributed by atoms with E-state index in [9.17, 15) is 19.2 Å². The zero-order valence-electron chi connectivity index (χ0n) is 20.5. The van der Waals surface area contributed by atoms with Crippen molar-refractivity contribution >= 4 is 29.2 Å². The number of carbonyl (C=O) groups excluding carboxylic acids is 4. The van der Waals surface area contributed by atoms with Gasteiger partial charge in [0.05, 0.1) is 6.20 Å². The first-order chi connectivity index (χ1) is 18.3. The summed E-state index contributed by atoms with van der Waals surface area (Å²) in [5.74, 6) is -0.922. The van der Waals surface area contributed by atoms with E-state index in [4.69, 9.17) is 10.5 Å². The lowest BCUT2D eigenvalue weighted by molar-refractivity contribution is -0.121. The molecule has 1 aliphatic heterocycles. The second kappa shape index (κ2) is 10.1. The number of aromatic nitrogens is 3. The Morgan fingerprint density at radius 1 is 1.03 bits per heavy atom. The molecular weight excluding hydrogens is 488 g/mol. The lowest BCUT2D eigenvalue weighted by Crippen LogP contribution is -2.29. The number of amides is 3. The molecule has 1 aliphatic rings. The summed E-state index contributed by atoms with van der Waals surface area (Å²) in [5.41, 5.74) is 9.27. The minimum Gasteiger partial charge on any atom is -0.486 e. The first kappa shape index (κ1) is 24.6. The predicted molar refractivity (Wildman–Crippen MR) is 136 cm³/mol. The molecule has 3 heterocycles. The molecular formula is C27H24N6O5. The Hall–Kier alpha value is -5.06. The number of carbonyl (C=O) groups is 4. The summed E-state index contributed by atoms with van der Waals surface area (Å²) in [7, 11) is 0. The number of hydrogen-bond donors (Lipinski definition) is 3. The molecule has 38 heavy (non-hydrogen) atoms. The van der Waals surface area contributed by atoms with Crippen LogP contribution >= 0.6 is 0 Å². The van der Waals surface area contributed by atoms with Crippen LogP contribution in [0.4, 0.5) is 0 Å². The highest BCUT2D eigenvalue weighted by atomic mass is 16.5. The minimum absolute atomic E-state index is 0.00368. The van der Waals surface area contributed by atoms with Crippen LogP contribution in [0.5, 0.6) is 5.75 Å². The lowest BCUT2D eigenvalue weighted by atomic mass is 10.0. The maximum atomic E-state index is 13.1. The van der Waals surface area contributed by atoms with Gasteiger partial charge in [-0.25, -0.2) is 9.50 Å². The SMILES string of the molecule is Cc1ccc(CNC(=O)c2cc(C(=O)NCc3ccc4c(c3)CC(=O)CO4)nc3ccnn23)c(C(N)=O)c1. The summed E-state index contributed by atoms with van der Waals surface area (Å²) in [4.78, 5) is 53.9. The minimum atomic E-state index is -0.590. The number of ketones is 1. The molecule has 0 fully saturated rings. The molecule has 4 aromatic rings. The molecule has 11 nitrogen and oxygen atoms in total. The average molecular weight is 513 g/mol. The van der Waals surface area contributed by atoms with Crippen molar-refractivity contribution in [1.29, 1.82) is 0 Å². The van der Waals surface area contributed by atoms with Crippen molar-refractivity contribution in [3.8, 4) is 5.75 Å². The highest BCUT2D eigenvalue weighted by Gasteiger charge is 2.20. The largest absolute Gasteiger partial charge is 0.486 e. The van der Waals surface area contributed by atoms with E-state index in [1.165, 1.54) is 16.8 Å². The van der Waals surface area contributed by atoms with Crippen LogP contribution in [0, 0.1) is 6.92 Å². The number of fused-ring (bicyclic) bond motifs is 2. The van der Waals surface area contributed by atoms with E-state index in [0.717, 1.165) is 16.7 Å². The van der Waals surface area contributed by atoms with Gasteiger partial charge in [-0.1, -0.05) is 23.8 Å². The third-order valence-corrected chi connectivity index (χ3v) is 6.15. The monoisotopic (exact) mass is 512 g/mol. The number of benzene rings is 2. The Balaban J connectivity index is 1.32. The zero-order chi connectivity index (χ0) is 26.8. The van der Waals surface area contributed by atoms with Crippen molar-refractivity contribution < 1.29 is 23.9 Å². The number of nitrogens with one attached hydrogen (secondary N) is 2. The Labute approximate surface area is 217 Å². The molecule has 4 N–H and O–H groups in total.